The van der Waals surface area contributed by atoms with Gasteiger partial charge in [-0.2, -0.15) is 5.26 Å². The molecule has 224 valence electrons. The van der Waals surface area contributed by atoms with Gasteiger partial charge in [-0.25, -0.2) is 0 Å². The molecule has 4 amide bonds. The first-order valence-electron chi connectivity index (χ1n) is 13.5. The first kappa shape index (κ1) is 31.9. The minimum atomic E-state index is -1.10. The average molecular weight is 580 g/mol. The molecule has 0 fully saturated rings. The van der Waals surface area contributed by atoms with Crippen molar-refractivity contribution in [2.45, 2.75) is 38.4 Å². The first-order valence-corrected chi connectivity index (χ1v) is 13.5. The highest BCUT2D eigenvalue weighted by atomic mass is 16.5. The van der Waals surface area contributed by atoms with Crippen LogP contribution >= 0.6 is 0 Å². The second-order valence-corrected chi connectivity index (χ2v) is 9.76. The Labute approximate surface area is 244 Å². The number of hydrogen-bond acceptors (Lipinski definition) is 9. The number of hydrogen-bond donors (Lipinski definition) is 5. The highest BCUT2D eigenvalue weighted by Gasteiger charge is 2.32. The molecule has 0 spiro atoms. The maximum Gasteiger partial charge on any atom is 0.248 e. The van der Waals surface area contributed by atoms with E-state index in [2.05, 4.69) is 16.0 Å². The molecule has 42 heavy (non-hydrogen) atoms. The number of nitrogens with one attached hydrogen (secondary N) is 3. The monoisotopic (exact) mass is 579 g/mol. The van der Waals surface area contributed by atoms with E-state index in [1.54, 1.807) is 36.4 Å². The highest BCUT2D eigenvalue weighted by Crippen LogP contribution is 2.40. The molecule has 0 aliphatic carbocycles. The van der Waals surface area contributed by atoms with Crippen LogP contribution in [0.3, 0.4) is 0 Å². The summed E-state index contributed by atoms with van der Waals surface area (Å²) in [6, 6.07) is 9.02. The Morgan fingerprint density at radius 3 is 2.24 bits per heavy atom. The van der Waals surface area contributed by atoms with Crippen LogP contribution in [0.1, 0.15) is 31.0 Å². The minimum absolute atomic E-state index is 0.0716. The van der Waals surface area contributed by atoms with Crippen molar-refractivity contribution in [3.63, 3.8) is 0 Å². The highest BCUT2D eigenvalue weighted by molar-refractivity contribution is 5.95. The maximum atomic E-state index is 13.6. The molecule has 1 aliphatic heterocycles. The Balaban J connectivity index is 2.29. The largest absolute Gasteiger partial charge is 0.492 e. The van der Waals surface area contributed by atoms with Gasteiger partial charge in [0.1, 0.15) is 49.4 Å². The maximum absolute atomic E-state index is 13.6. The summed E-state index contributed by atoms with van der Waals surface area (Å²) in [6.07, 6.45) is 0.0716. The van der Waals surface area contributed by atoms with Crippen LogP contribution in [0.2, 0.25) is 0 Å². The Hall–Kier alpha value is -4.67. The van der Waals surface area contributed by atoms with Gasteiger partial charge in [-0.1, -0.05) is 12.1 Å². The Morgan fingerprint density at radius 2 is 1.64 bits per heavy atom. The molecule has 0 unspecified atom stereocenters. The van der Waals surface area contributed by atoms with E-state index < -0.39 is 35.8 Å². The third-order valence-corrected chi connectivity index (χ3v) is 6.70. The predicted molar refractivity (Wildman–Crippen MR) is 154 cm³/mol. The second kappa shape index (κ2) is 14.8. The van der Waals surface area contributed by atoms with Gasteiger partial charge >= 0.3 is 0 Å². The number of ether oxygens (including phenoxy) is 2. The van der Waals surface area contributed by atoms with Crippen LogP contribution in [-0.2, 0) is 25.6 Å². The number of benzene rings is 2. The predicted octanol–water partition coefficient (Wildman–Crippen LogP) is -0.267. The molecular formula is C29H37N7O6. The molecule has 3 rings (SSSR count). The number of fused-ring (bicyclic) bond motifs is 5. The van der Waals surface area contributed by atoms with E-state index in [9.17, 15) is 19.2 Å². The zero-order chi connectivity index (χ0) is 30.8. The van der Waals surface area contributed by atoms with Gasteiger partial charge in [-0.3, -0.25) is 19.2 Å². The second-order valence-electron chi connectivity index (χ2n) is 9.76. The molecule has 13 nitrogen and oxygen atoms in total. The molecule has 1 heterocycles. The van der Waals surface area contributed by atoms with Crippen LogP contribution in [0.25, 0.3) is 11.1 Å². The Kier molecular flexibility index (Phi) is 11.2. The normalized spacial score (nSPS) is 18.4. The van der Waals surface area contributed by atoms with Crippen LogP contribution in [0.4, 0.5) is 0 Å². The fourth-order valence-corrected chi connectivity index (χ4v) is 4.51. The number of carbonyl (C=O) groups excluding carboxylic acids is 4. The van der Waals surface area contributed by atoms with Crippen molar-refractivity contribution in [1.82, 2.24) is 20.9 Å². The lowest BCUT2D eigenvalue weighted by Crippen LogP contribution is -2.54. The van der Waals surface area contributed by atoms with Crippen molar-refractivity contribution in [1.29, 1.82) is 5.26 Å². The van der Waals surface area contributed by atoms with E-state index in [1.165, 1.54) is 25.8 Å². The summed E-state index contributed by atoms with van der Waals surface area (Å²) in [7, 11) is 1.49. The van der Waals surface area contributed by atoms with Crippen molar-refractivity contribution < 1.29 is 28.7 Å². The number of nitrogens with zero attached hydrogens (tertiary/aromatic N) is 2. The molecule has 4 bridgehead atoms. The van der Waals surface area contributed by atoms with Gasteiger partial charge in [0.25, 0.3) is 0 Å². The molecular weight excluding hydrogens is 542 g/mol. The van der Waals surface area contributed by atoms with E-state index in [0.717, 1.165) is 0 Å². The molecule has 7 N–H and O–H groups in total. The molecule has 0 aromatic heterocycles. The summed E-state index contributed by atoms with van der Waals surface area (Å²) >= 11 is 0. The smallest absolute Gasteiger partial charge is 0.248 e. The van der Waals surface area contributed by atoms with Gasteiger partial charge in [0.2, 0.25) is 23.6 Å². The van der Waals surface area contributed by atoms with Crippen LogP contribution < -0.4 is 36.9 Å². The molecule has 13 heteroatoms. The SMILES string of the molecule is CC(=O)N(C)[C@@H]1C(=O)N[C@@H](C)C(=O)N[C@H](C(=O)NCC#N)Cc2ccc(OCCN)c(c2)-c2cc1ccc2OCCN. The number of nitrogens with two attached hydrogens (primary N) is 2. The van der Waals surface area contributed by atoms with Gasteiger partial charge in [-0.15, -0.1) is 0 Å². The fraction of sp³-hybridized carbons (Fsp3) is 0.414. The van der Waals surface area contributed by atoms with Crippen molar-refractivity contribution in [2.24, 2.45) is 11.5 Å². The lowest BCUT2D eigenvalue weighted by atomic mass is 9.93. The number of amides is 4. The van der Waals surface area contributed by atoms with E-state index in [1.807, 2.05) is 6.07 Å². The molecule has 0 saturated carbocycles. The van der Waals surface area contributed by atoms with E-state index in [4.69, 9.17) is 26.2 Å². The molecule has 0 radical (unpaired) electrons. The standard InChI is InChI=1S/C29H37N7O6/c1-17-27(38)35-23(28(39)33-11-8-30)15-19-4-6-24(41-12-9-31)21(14-19)22-16-20(5-7-25(22)42-13-10-32)26(29(40)34-17)36(3)18(2)37/h4-7,14,16-17,23,26H,9-13,15,31-32H2,1-3H3,(H,33,39)(H,34,40)(H,35,38)/t17-,23-,26-/m0/s1. The van der Waals surface area contributed by atoms with E-state index in [-0.39, 0.29) is 45.2 Å². The lowest BCUT2D eigenvalue weighted by molar-refractivity contribution is -0.139. The third kappa shape index (κ3) is 7.74. The number of nitriles is 1. The van der Waals surface area contributed by atoms with Gasteiger partial charge < -0.3 is 41.8 Å². The van der Waals surface area contributed by atoms with Crippen LogP contribution in [0.15, 0.2) is 36.4 Å². The van der Waals surface area contributed by atoms with Crippen molar-refractivity contribution >= 4 is 23.6 Å². The van der Waals surface area contributed by atoms with Crippen LogP contribution in [-0.4, -0.2) is 80.5 Å². The Bertz CT molecular complexity index is 1360. The molecule has 1 aliphatic rings. The van der Waals surface area contributed by atoms with Gasteiger partial charge in [0.15, 0.2) is 0 Å². The number of carbonyl (C=O) groups is 4. The summed E-state index contributed by atoms with van der Waals surface area (Å²) in [4.78, 5) is 53.4. The molecule has 2 aromatic carbocycles. The zero-order valence-corrected chi connectivity index (χ0v) is 23.9. The van der Waals surface area contributed by atoms with Gasteiger partial charge in [0.05, 0.1) is 6.07 Å². The lowest BCUT2D eigenvalue weighted by Gasteiger charge is -2.29. The van der Waals surface area contributed by atoms with Crippen LogP contribution in [0.5, 0.6) is 11.5 Å². The topological polar surface area (TPSA) is 202 Å². The summed E-state index contributed by atoms with van der Waals surface area (Å²) in [5, 5.41) is 16.8. The quantitative estimate of drug-likeness (QED) is 0.248. The molecule has 0 saturated heterocycles. The minimum Gasteiger partial charge on any atom is -0.492 e. The Morgan fingerprint density at radius 1 is 1.02 bits per heavy atom. The summed E-state index contributed by atoms with van der Waals surface area (Å²) in [5.41, 5.74) is 13.7. The van der Waals surface area contributed by atoms with Crippen molar-refractivity contribution in [3.05, 3.63) is 47.5 Å². The summed E-state index contributed by atoms with van der Waals surface area (Å²) in [6.45, 7) is 3.51. The van der Waals surface area contributed by atoms with Crippen molar-refractivity contribution in [3.8, 4) is 28.7 Å². The molecule has 3 atom stereocenters. The number of rotatable bonds is 9. The number of likely N-dealkylation sites (N-methyl/N-ethyl adjacent to an activating group) is 1. The third-order valence-electron chi connectivity index (χ3n) is 6.70. The van der Waals surface area contributed by atoms with Gasteiger partial charge in [-0.05, 0) is 42.3 Å². The molecule has 2 aromatic rings. The zero-order valence-electron chi connectivity index (χ0n) is 23.9. The van der Waals surface area contributed by atoms with E-state index >= 15 is 0 Å². The average Bonchev–Trinajstić information content (AvgIpc) is 2.97. The van der Waals surface area contributed by atoms with Crippen molar-refractivity contribution in [2.75, 3.05) is 39.9 Å². The summed E-state index contributed by atoms with van der Waals surface area (Å²) in [5.74, 6) is -1.23. The summed E-state index contributed by atoms with van der Waals surface area (Å²) < 4.78 is 11.9. The van der Waals surface area contributed by atoms with Crippen LogP contribution in [0, 0.1) is 11.3 Å². The van der Waals surface area contributed by atoms with Gasteiger partial charge in [0, 0.05) is 44.6 Å². The fourth-order valence-electron chi connectivity index (χ4n) is 4.51. The first-order chi connectivity index (χ1) is 20.1. The van der Waals surface area contributed by atoms with E-state index in [0.29, 0.717) is 33.8 Å².